The van der Waals surface area contributed by atoms with Gasteiger partial charge in [-0.2, -0.15) is 0 Å². The van der Waals surface area contributed by atoms with E-state index in [2.05, 4.69) is 56.4 Å². The Kier molecular flexibility index (Phi) is 5.82. The van der Waals surface area contributed by atoms with E-state index >= 15 is 0 Å². The van der Waals surface area contributed by atoms with Crippen molar-refractivity contribution < 1.29 is 0 Å². The molecule has 1 aromatic heterocycles. The molecule has 2 aromatic rings. The van der Waals surface area contributed by atoms with Crippen LogP contribution in [0.4, 0.5) is 0 Å². The topological polar surface area (TPSA) is 54.2 Å². The Bertz CT molecular complexity index is 560. The SMILES string of the molecule is CN=C(NCCCn1ccnc1)NCc1cccc(C)c1. The molecule has 112 valence electrons. The first-order valence-corrected chi connectivity index (χ1v) is 7.24. The number of aliphatic imine (C=N–C) groups is 1. The zero-order valence-corrected chi connectivity index (χ0v) is 12.7. The first-order chi connectivity index (χ1) is 10.3. The molecule has 5 nitrogen and oxygen atoms in total. The number of imidazole rings is 1. The van der Waals surface area contributed by atoms with Crippen LogP contribution in [0.3, 0.4) is 0 Å². The van der Waals surface area contributed by atoms with Gasteiger partial charge in [0, 0.05) is 39.1 Å². The van der Waals surface area contributed by atoms with E-state index in [9.17, 15) is 0 Å². The summed E-state index contributed by atoms with van der Waals surface area (Å²) in [5, 5.41) is 6.65. The summed E-state index contributed by atoms with van der Waals surface area (Å²) in [4.78, 5) is 8.26. The van der Waals surface area contributed by atoms with E-state index in [1.165, 1.54) is 11.1 Å². The lowest BCUT2D eigenvalue weighted by molar-refractivity contribution is 0.624. The molecule has 0 bridgehead atoms. The zero-order valence-electron chi connectivity index (χ0n) is 12.7. The van der Waals surface area contributed by atoms with Crippen LogP contribution in [0.15, 0.2) is 48.0 Å². The van der Waals surface area contributed by atoms with Gasteiger partial charge in [0.2, 0.25) is 0 Å². The van der Waals surface area contributed by atoms with Gasteiger partial charge in [-0.1, -0.05) is 29.8 Å². The van der Waals surface area contributed by atoms with Crippen molar-refractivity contribution in [3.63, 3.8) is 0 Å². The maximum absolute atomic E-state index is 4.24. The van der Waals surface area contributed by atoms with Crippen LogP contribution >= 0.6 is 0 Å². The number of aryl methyl sites for hydroxylation is 2. The summed E-state index contributed by atoms with van der Waals surface area (Å²) < 4.78 is 2.07. The zero-order chi connectivity index (χ0) is 14.9. The number of guanidine groups is 1. The first-order valence-electron chi connectivity index (χ1n) is 7.24. The molecule has 5 heteroatoms. The number of aromatic nitrogens is 2. The van der Waals surface area contributed by atoms with Gasteiger partial charge in [0.15, 0.2) is 5.96 Å². The van der Waals surface area contributed by atoms with Gasteiger partial charge < -0.3 is 15.2 Å². The second kappa shape index (κ2) is 8.09. The highest BCUT2D eigenvalue weighted by Gasteiger charge is 1.98. The molecule has 0 spiro atoms. The summed E-state index contributed by atoms with van der Waals surface area (Å²) in [6.45, 7) is 4.73. The standard InChI is InChI=1S/C16H23N5/c1-14-5-3-6-15(11-14)12-20-16(17-2)19-7-4-9-21-10-8-18-13-21/h3,5-6,8,10-11,13H,4,7,9,12H2,1-2H3,(H2,17,19,20). The lowest BCUT2D eigenvalue weighted by Crippen LogP contribution is -2.37. The van der Waals surface area contributed by atoms with Crippen molar-refractivity contribution in [2.24, 2.45) is 4.99 Å². The minimum atomic E-state index is 0.781. The van der Waals surface area contributed by atoms with Crippen LogP contribution in [-0.4, -0.2) is 29.1 Å². The van der Waals surface area contributed by atoms with E-state index in [1.807, 2.05) is 12.5 Å². The van der Waals surface area contributed by atoms with Crippen LogP contribution < -0.4 is 10.6 Å². The van der Waals surface area contributed by atoms with Crippen molar-refractivity contribution in [2.75, 3.05) is 13.6 Å². The minimum absolute atomic E-state index is 0.781. The summed E-state index contributed by atoms with van der Waals surface area (Å²) in [5.41, 5.74) is 2.54. The molecular formula is C16H23N5. The molecule has 0 aliphatic carbocycles. The fourth-order valence-corrected chi connectivity index (χ4v) is 2.12. The molecule has 0 amide bonds. The first kappa shape index (κ1) is 15.1. The third kappa shape index (κ3) is 5.30. The molecule has 2 N–H and O–H groups in total. The van der Waals surface area contributed by atoms with Crippen LogP contribution in [0.1, 0.15) is 17.5 Å². The largest absolute Gasteiger partial charge is 0.356 e. The summed E-state index contributed by atoms with van der Waals surface area (Å²) in [7, 11) is 1.79. The van der Waals surface area contributed by atoms with E-state index in [4.69, 9.17) is 0 Å². The van der Waals surface area contributed by atoms with Gasteiger partial charge in [-0.25, -0.2) is 4.98 Å². The van der Waals surface area contributed by atoms with Crippen LogP contribution in [0, 0.1) is 6.92 Å². The number of rotatable bonds is 6. The van der Waals surface area contributed by atoms with Crippen molar-refractivity contribution in [3.8, 4) is 0 Å². The van der Waals surface area contributed by atoms with Gasteiger partial charge in [0.05, 0.1) is 6.33 Å². The van der Waals surface area contributed by atoms with Crippen LogP contribution in [0.2, 0.25) is 0 Å². The summed E-state index contributed by atoms with van der Waals surface area (Å²) in [6.07, 6.45) is 6.65. The molecule has 1 heterocycles. The second-order valence-corrected chi connectivity index (χ2v) is 5.00. The normalized spacial score (nSPS) is 11.4. The molecule has 0 aliphatic heterocycles. The van der Waals surface area contributed by atoms with Gasteiger partial charge in [-0.05, 0) is 18.9 Å². The highest BCUT2D eigenvalue weighted by Crippen LogP contribution is 2.02. The number of hydrogen-bond donors (Lipinski definition) is 2. The van der Waals surface area contributed by atoms with Crippen molar-refractivity contribution in [2.45, 2.75) is 26.4 Å². The Hall–Kier alpha value is -2.30. The predicted octanol–water partition coefficient (Wildman–Crippen LogP) is 1.95. The molecule has 0 fully saturated rings. The maximum Gasteiger partial charge on any atom is 0.191 e. The fraction of sp³-hybridized carbons (Fsp3) is 0.375. The van der Waals surface area contributed by atoms with E-state index in [1.54, 1.807) is 13.2 Å². The third-order valence-electron chi connectivity index (χ3n) is 3.21. The maximum atomic E-state index is 4.24. The average molecular weight is 285 g/mol. The molecule has 0 saturated heterocycles. The van der Waals surface area contributed by atoms with Crippen molar-refractivity contribution >= 4 is 5.96 Å². The Morgan fingerprint density at radius 3 is 2.95 bits per heavy atom. The number of hydrogen-bond acceptors (Lipinski definition) is 2. The van der Waals surface area contributed by atoms with E-state index in [-0.39, 0.29) is 0 Å². The summed E-state index contributed by atoms with van der Waals surface area (Å²) in [6, 6.07) is 8.48. The van der Waals surface area contributed by atoms with Crippen LogP contribution in [-0.2, 0) is 13.1 Å². The molecule has 0 atom stereocenters. The smallest absolute Gasteiger partial charge is 0.191 e. The Balaban J connectivity index is 1.68. The summed E-state index contributed by atoms with van der Waals surface area (Å²) >= 11 is 0. The Morgan fingerprint density at radius 1 is 1.33 bits per heavy atom. The van der Waals surface area contributed by atoms with E-state index in [0.29, 0.717) is 0 Å². The third-order valence-corrected chi connectivity index (χ3v) is 3.21. The quantitative estimate of drug-likeness (QED) is 0.484. The number of nitrogens with one attached hydrogen (secondary N) is 2. The van der Waals surface area contributed by atoms with Gasteiger partial charge in [0.1, 0.15) is 0 Å². The monoisotopic (exact) mass is 285 g/mol. The summed E-state index contributed by atoms with van der Waals surface area (Å²) in [5.74, 6) is 0.835. The average Bonchev–Trinajstić information content (AvgIpc) is 3.00. The van der Waals surface area contributed by atoms with Gasteiger partial charge >= 0.3 is 0 Å². The molecule has 0 aliphatic rings. The van der Waals surface area contributed by atoms with Crippen molar-refractivity contribution in [1.82, 2.24) is 20.2 Å². The molecule has 2 rings (SSSR count). The fourth-order valence-electron chi connectivity index (χ4n) is 2.12. The lowest BCUT2D eigenvalue weighted by Gasteiger charge is -2.12. The molecule has 21 heavy (non-hydrogen) atoms. The van der Waals surface area contributed by atoms with Gasteiger partial charge in [-0.15, -0.1) is 0 Å². The molecule has 0 unspecified atom stereocenters. The predicted molar refractivity (Wildman–Crippen MR) is 86.2 cm³/mol. The van der Waals surface area contributed by atoms with Gasteiger partial charge in [-0.3, -0.25) is 4.99 Å². The van der Waals surface area contributed by atoms with E-state index in [0.717, 1.165) is 32.0 Å². The van der Waals surface area contributed by atoms with Crippen LogP contribution in [0.5, 0.6) is 0 Å². The highest BCUT2D eigenvalue weighted by atomic mass is 15.2. The molecular weight excluding hydrogens is 262 g/mol. The molecule has 0 saturated carbocycles. The Morgan fingerprint density at radius 2 is 2.24 bits per heavy atom. The van der Waals surface area contributed by atoms with Gasteiger partial charge in [0.25, 0.3) is 0 Å². The Labute approximate surface area is 126 Å². The highest BCUT2D eigenvalue weighted by molar-refractivity contribution is 5.79. The number of nitrogens with zero attached hydrogens (tertiary/aromatic N) is 3. The molecule has 1 aromatic carbocycles. The van der Waals surface area contributed by atoms with Crippen molar-refractivity contribution in [3.05, 3.63) is 54.1 Å². The second-order valence-electron chi connectivity index (χ2n) is 5.00. The molecule has 0 radical (unpaired) electrons. The minimum Gasteiger partial charge on any atom is -0.356 e. The van der Waals surface area contributed by atoms with Crippen molar-refractivity contribution in [1.29, 1.82) is 0 Å². The lowest BCUT2D eigenvalue weighted by atomic mass is 10.1. The van der Waals surface area contributed by atoms with Crippen LogP contribution in [0.25, 0.3) is 0 Å². The van der Waals surface area contributed by atoms with E-state index < -0.39 is 0 Å². The number of benzene rings is 1.